The van der Waals surface area contributed by atoms with E-state index in [-0.39, 0.29) is 56.8 Å². The number of cyclic esters (lactones) is 1. The fraction of sp³-hybridized carbons (Fsp3) is 0.459. The molecule has 0 aliphatic carbocycles. The van der Waals surface area contributed by atoms with Crippen LogP contribution in [0.15, 0.2) is 78.9 Å². The van der Waals surface area contributed by atoms with Gasteiger partial charge in [-0.2, -0.15) is 0 Å². The molecule has 2 aromatic carbocycles. The third kappa shape index (κ3) is 6.12. The van der Waals surface area contributed by atoms with Gasteiger partial charge in [0, 0.05) is 50.6 Å². The summed E-state index contributed by atoms with van der Waals surface area (Å²) in [6.45, 7) is 6.06. The van der Waals surface area contributed by atoms with Gasteiger partial charge in [0.2, 0.25) is 11.8 Å². The largest absolute Gasteiger partial charge is 0.455 e. The molecule has 2 N–H and O–H groups in total. The van der Waals surface area contributed by atoms with E-state index in [1.807, 2.05) is 66.7 Å². The molecule has 1 spiro atoms. The maximum atomic E-state index is 14.9. The smallest absolute Gasteiger partial charge is 0.313 e. The van der Waals surface area contributed by atoms with Gasteiger partial charge < -0.3 is 34.6 Å². The standard InChI is InChI=1S/C37H44N4O7/c1-3-39(4-2)26-15-17-27(18-16-26)40-21-10-6-9-14-30(43)38-24-29(25-12-7-5-8-13-25)47-36(46)31-28-19-20-37(48-28)32(31)34(44)41(22-11-23-42)33(37)35(40)45/h5-8,10,12-13,15-20,28-29,31-33,42H,3-4,9,11,14,21-24H2,1-2H3,(H,38,43)/b10-6-/t28-,29-,31+,32+,33-,37+/m0/s1. The summed E-state index contributed by atoms with van der Waals surface area (Å²) in [5.41, 5.74) is 0.990. The lowest BCUT2D eigenvalue weighted by molar-refractivity contribution is -0.159. The second-order valence-electron chi connectivity index (χ2n) is 12.6. The summed E-state index contributed by atoms with van der Waals surface area (Å²) in [4.78, 5) is 61.4. The van der Waals surface area contributed by atoms with Crippen LogP contribution in [0, 0.1) is 11.8 Å². The number of carbonyl (C=O) groups excluding carboxylic acids is 4. The van der Waals surface area contributed by atoms with Gasteiger partial charge in [-0.25, -0.2) is 0 Å². The van der Waals surface area contributed by atoms with Gasteiger partial charge in [0.15, 0.2) is 0 Å². The number of nitrogens with one attached hydrogen (secondary N) is 1. The van der Waals surface area contributed by atoms with Crippen molar-refractivity contribution in [3.05, 3.63) is 84.5 Å². The molecule has 6 rings (SSSR count). The fourth-order valence-electron chi connectivity index (χ4n) is 7.52. The molecular formula is C37H44N4O7. The van der Waals surface area contributed by atoms with E-state index in [4.69, 9.17) is 9.47 Å². The first-order valence-corrected chi connectivity index (χ1v) is 16.9. The summed E-state index contributed by atoms with van der Waals surface area (Å²) < 4.78 is 12.6. The quantitative estimate of drug-likeness (QED) is 0.328. The SMILES string of the molecule is CCN(CC)c1ccc(N2C/C=C\CCC(=O)NC[C@@H](c3ccccc3)OC(=O)[C@@H]3[C@@H]4C=C[C@]5(O4)[C@H](C2=O)N(CCCO)C(=O)[C@@H]35)cc1. The molecule has 48 heavy (non-hydrogen) atoms. The number of rotatable bonds is 8. The van der Waals surface area contributed by atoms with Gasteiger partial charge in [0.1, 0.15) is 23.7 Å². The van der Waals surface area contributed by atoms with Gasteiger partial charge in [0.25, 0.3) is 5.91 Å². The fourth-order valence-corrected chi connectivity index (χ4v) is 7.52. The Bertz CT molecular complexity index is 1560. The van der Waals surface area contributed by atoms with Crippen molar-refractivity contribution in [2.45, 2.75) is 57.0 Å². The number of hydrogen-bond donors (Lipinski definition) is 2. The molecule has 3 amide bonds. The van der Waals surface area contributed by atoms with Crippen LogP contribution in [0.1, 0.15) is 44.8 Å². The molecule has 0 radical (unpaired) electrons. The van der Waals surface area contributed by atoms with E-state index in [0.29, 0.717) is 17.7 Å². The van der Waals surface area contributed by atoms with Crippen LogP contribution >= 0.6 is 0 Å². The number of anilines is 2. The number of likely N-dealkylation sites (tertiary alicyclic amines) is 1. The van der Waals surface area contributed by atoms with Crippen LogP contribution in [0.4, 0.5) is 11.4 Å². The molecule has 2 aromatic rings. The van der Waals surface area contributed by atoms with E-state index < -0.39 is 41.7 Å². The van der Waals surface area contributed by atoms with Crippen molar-refractivity contribution in [2.75, 3.05) is 49.1 Å². The Morgan fingerprint density at radius 2 is 1.73 bits per heavy atom. The van der Waals surface area contributed by atoms with Gasteiger partial charge in [-0.15, -0.1) is 0 Å². The number of aliphatic hydroxyl groups excluding tert-OH is 1. The van der Waals surface area contributed by atoms with E-state index in [1.54, 1.807) is 17.1 Å². The first-order chi connectivity index (χ1) is 23.3. The zero-order valence-electron chi connectivity index (χ0n) is 27.5. The first-order valence-electron chi connectivity index (χ1n) is 16.9. The van der Waals surface area contributed by atoms with Crippen molar-refractivity contribution in [3.63, 3.8) is 0 Å². The first kappa shape index (κ1) is 33.4. The maximum absolute atomic E-state index is 14.9. The van der Waals surface area contributed by atoms with Crippen molar-refractivity contribution < 1.29 is 33.8 Å². The normalized spacial score (nSPS) is 29.5. The molecule has 0 unspecified atom stereocenters. The van der Waals surface area contributed by atoms with Crippen molar-refractivity contribution in [3.8, 4) is 0 Å². The number of fused-ring (bicyclic) bond motifs is 2. The second kappa shape index (κ2) is 14.3. The van der Waals surface area contributed by atoms with Crippen LogP contribution in [0.25, 0.3) is 0 Å². The Morgan fingerprint density at radius 1 is 0.979 bits per heavy atom. The predicted octanol–water partition coefficient (Wildman–Crippen LogP) is 3.15. The molecule has 5 bridgehead atoms. The zero-order chi connectivity index (χ0) is 33.8. The van der Waals surface area contributed by atoms with E-state index in [9.17, 15) is 24.3 Å². The maximum Gasteiger partial charge on any atom is 0.313 e. The van der Waals surface area contributed by atoms with Crippen LogP contribution in [-0.4, -0.2) is 90.8 Å². The lowest BCUT2D eigenvalue weighted by Gasteiger charge is -2.36. The topological polar surface area (TPSA) is 129 Å². The van der Waals surface area contributed by atoms with E-state index in [1.165, 1.54) is 4.90 Å². The molecule has 4 heterocycles. The van der Waals surface area contributed by atoms with Crippen LogP contribution in [-0.2, 0) is 28.7 Å². The molecule has 4 aliphatic rings. The number of allylic oxidation sites excluding steroid dienone is 1. The number of esters is 1. The molecule has 11 nitrogen and oxygen atoms in total. The zero-order valence-corrected chi connectivity index (χ0v) is 27.5. The number of ether oxygens (including phenoxy) is 2. The van der Waals surface area contributed by atoms with Gasteiger partial charge >= 0.3 is 5.97 Å². The molecule has 2 saturated heterocycles. The molecule has 0 saturated carbocycles. The van der Waals surface area contributed by atoms with Crippen LogP contribution in [0.2, 0.25) is 0 Å². The molecule has 2 fully saturated rings. The van der Waals surface area contributed by atoms with Gasteiger partial charge in [-0.1, -0.05) is 54.6 Å². The van der Waals surface area contributed by atoms with Crippen molar-refractivity contribution in [2.24, 2.45) is 11.8 Å². The van der Waals surface area contributed by atoms with E-state index >= 15 is 0 Å². The van der Waals surface area contributed by atoms with Crippen LogP contribution in [0.3, 0.4) is 0 Å². The van der Waals surface area contributed by atoms with Crippen LogP contribution < -0.4 is 15.1 Å². The Labute approximate surface area is 281 Å². The van der Waals surface area contributed by atoms with Crippen molar-refractivity contribution in [1.82, 2.24) is 10.2 Å². The number of benzene rings is 2. The number of amides is 3. The van der Waals surface area contributed by atoms with Crippen molar-refractivity contribution >= 4 is 35.1 Å². The van der Waals surface area contributed by atoms with Gasteiger partial charge in [-0.05, 0) is 56.5 Å². The summed E-state index contributed by atoms with van der Waals surface area (Å²) in [6.07, 6.45) is 6.62. The molecule has 4 aliphatic heterocycles. The summed E-state index contributed by atoms with van der Waals surface area (Å²) in [7, 11) is 0. The minimum absolute atomic E-state index is 0.0666. The highest BCUT2D eigenvalue weighted by molar-refractivity contribution is 6.05. The molecular weight excluding hydrogens is 612 g/mol. The monoisotopic (exact) mass is 656 g/mol. The minimum Gasteiger partial charge on any atom is -0.455 e. The Morgan fingerprint density at radius 3 is 2.44 bits per heavy atom. The Kier molecular flexibility index (Phi) is 9.98. The second-order valence-corrected chi connectivity index (χ2v) is 12.6. The number of nitrogens with zero attached hydrogens (tertiary/aromatic N) is 3. The average Bonchev–Trinajstić information content (AvgIpc) is 3.75. The molecule has 0 aromatic heterocycles. The van der Waals surface area contributed by atoms with Gasteiger partial charge in [0.05, 0.1) is 18.6 Å². The third-order valence-electron chi connectivity index (χ3n) is 9.90. The van der Waals surface area contributed by atoms with Crippen molar-refractivity contribution in [1.29, 1.82) is 0 Å². The third-order valence-corrected chi connectivity index (χ3v) is 9.90. The average molecular weight is 657 g/mol. The molecule has 254 valence electrons. The number of aliphatic hydroxyl groups is 1. The number of hydrogen-bond acceptors (Lipinski definition) is 8. The summed E-state index contributed by atoms with van der Waals surface area (Å²) >= 11 is 0. The molecule has 6 atom stereocenters. The van der Waals surface area contributed by atoms with E-state index in [2.05, 4.69) is 24.1 Å². The highest BCUT2D eigenvalue weighted by Gasteiger charge is 2.73. The molecule has 11 heteroatoms. The summed E-state index contributed by atoms with van der Waals surface area (Å²) in [5.74, 6) is -3.54. The lowest BCUT2D eigenvalue weighted by Crippen LogP contribution is -2.56. The van der Waals surface area contributed by atoms with Gasteiger partial charge in [-0.3, -0.25) is 19.2 Å². The lowest BCUT2D eigenvalue weighted by atomic mass is 9.74. The summed E-state index contributed by atoms with van der Waals surface area (Å²) in [6, 6.07) is 15.8. The van der Waals surface area contributed by atoms with Crippen LogP contribution in [0.5, 0.6) is 0 Å². The predicted molar refractivity (Wildman–Crippen MR) is 180 cm³/mol. The Balaban J connectivity index is 1.40. The van der Waals surface area contributed by atoms with E-state index in [0.717, 1.165) is 18.8 Å². The highest BCUT2D eigenvalue weighted by Crippen LogP contribution is 2.56. The number of carbonyl (C=O) groups is 4. The highest BCUT2D eigenvalue weighted by atomic mass is 16.6. The minimum atomic E-state index is -1.38. The Hall–Kier alpha value is -4.48. The summed E-state index contributed by atoms with van der Waals surface area (Å²) in [5, 5.41) is 12.6.